The fourth-order valence-corrected chi connectivity index (χ4v) is 4.13. The number of nitrogens with one attached hydrogen (secondary N) is 1. The highest BCUT2D eigenvalue weighted by Crippen LogP contribution is 2.32. The molecular formula is C23H23N3S. The van der Waals surface area contributed by atoms with E-state index in [0.717, 1.165) is 40.4 Å². The van der Waals surface area contributed by atoms with E-state index in [1.165, 1.54) is 21.6 Å². The molecule has 0 amide bonds. The molecule has 136 valence electrons. The molecule has 0 aliphatic carbocycles. The zero-order valence-corrected chi connectivity index (χ0v) is 16.7. The van der Waals surface area contributed by atoms with Crippen LogP contribution < -0.4 is 5.32 Å². The van der Waals surface area contributed by atoms with Gasteiger partial charge in [0.05, 0.1) is 5.39 Å². The van der Waals surface area contributed by atoms with E-state index >= 15 is 0 Å². The molecule has 0 saturated carbocycles. The van der Waals surface area contributed by atoms with Crippen LogP contribution in [0.15, 0.2) is 54.6 Å². The van der Waals surface area contributed by atoms with Gasteiger partial charge in [0.15, 0.2) is 0 Å². The Morgan fingerprint density at radius 1 is 0.963 bits per heavy atom. The van der Waals surface area contributed by atoms with E-state index in [2.05, 4.69) is 74.6 Å². The first-order valence-electron chi connectivity index (χ1n) is 9.30. The van der Waals surface area contributed by atoms with Crippen molar-refractivity contribution in [2.24, 2.45) is 0 Å². The van der Waals surface area contributed by atoms with Gasteiger partial charge in [0, 0.05) is 17.0 Å². The summed E-state index contributed by atoms with van der Waals surface area (Å²) in [6, 6.07) is 19.1. The summed E-state index contributed by atoms with van der Waals surface area (Å²) in [6.07, 6.45) is 1.75. The molecular weight excluding hydrogens is 350 g/mol. The number of hydrogen-bond acceptors (Lipinski definition) is 4. The summed E-state index contributed by atoms with van der Waals surface area (Å²) in [5, 5.41) is 4.68. The smallest absolute Gasteiger partial charge is 0.142 e. The van der Waals surface area contributed by atoms with Gasteiger partial charge in [-0.25, -0.2) is 9.97 Å². The largest absolute Gasteiger partial charge is 0.339 e. The second kappa shape index (κ2) is 7.49. The number of rotatable bonds is 5. The van der Waals surface area contributed by atoms with Gasteiger partial charge in [-0.3, -0.25) is 0 Å². The molecule has 0 spiro atoms. The maximum Gasteiger partial charge on any atom is 0.142 e. The van der Waals surface area contributed by atoms with Crippen LogP contribution in [0.25, 0.3) is 10.2 Å². The van der Waals surface area contributed by atoms with Crippen molar-refractivity contribution in [3.05, 3.63) is 82.0 Å². The molecule has 2 aromatic heterocycles. The monoisotopic (exact) mass is 373 g/mol. The topological polar surface area (TPSA) is 37.8 Å². The Bertz CT molecular complexity index is 1080. The van der Waals surface area contributed by atoms with E-state index in [1.54, 1.807) is 11.3 Å². The molecule has 0 aliphatic heterocycles. The number of anilines is 2. The van der Waals surface area contributed by atoms with E-state index in [1.807, 2.05) is 6.07 Å². The minimum absolute atomic E-state index is 0.734. The summed E-state index contributed by atoms with van der Waals surface area (Å²) in [5.74, 6) is 1.75. The Morgan fingerprint density at radius 3 is 2.56 bits per heavy atom. The molecule has 0 atom stereocenters. The molecule has 0 aliphatic rings. The van der Waals surface area contributed by atoms with Crippen LogP contribution in [0.3, 0.4) is 0 Å². The number of thiophene rings is 1. The predicted octanol–water partition coefficient (Wildman–Crippen LogP) is 6.20. The Hall–Kier alpha value is -2.72. The molecule has 27 heavy (non-hydrogen) atoms. The van der Waals surface area contributed by atoms with Gasteiger partial charge in [-0.2, -0.15) is 0 Å². The molecule has 0 bridgehead atoms. The van der Waals surface area contributed by atoms with Crippen molar-refractivity contribution in [1.82, 2.24) is 9.97 Å². The van der Waals surface area contributed by atoms with Crippen LogP contribution in [-0.2, 0) is 12.8 Å². The van der Waals surface area contributed by atoms with Crippen LogP contribution in [0.5, 0.6) is 0 Å². The molecule has 0 saturated heterocycles. The van der Waals surface area contributed by atoms with Crippen molar-refractivity contribution in [3.63, 3.8) is 0 Å². The Labute approximate surface area is 164 Å². The van der Waals surface area contributed by atoms with Crippen LogP contribution in [0.2, 0.25) is 0 Å². The number of aryl methyl sites for hydroxylation is 3. The average Bonchev–Trinajstić information content (AvgIpc) is 3.09. The fourth-order valence-electron chi connectivity index (χ4n) is 3.14. The summed E-state index contributed by atoms with van der Waals surface area (Å²) in [5.41, 5.74) is 4.77. The highest BCUT2D eigenvalue weighted by molar-refractivity contribution is 7.18. The van der Waals surface area contributed by atoms with Crippen molar-refractivity contribution in [2.75, 3.05) is 5.32 Å². The molecule has 3 nitrogen and oxygen atoms in total. The van der Waals surface area contributed by atoms with E-state index in [0.29, 0.717) is 0 Å². The number of fused-ring (bicyclic) bond motifs is 1. The van der Waals surface area contributed by atoms with Crippen LogP contribution in [0.1, 0.15) is 34.3 Å². The average molecular weight is 374 g/mol. The Balaban J connectivity index is 1.79. The zero-order valence-electron chi connectivity index (χ0n) is 15.9. The van der Waals surface area contributed by atoms with Gasteiger partial charge in [-0.1, -0.05) is 49.4 Å². The highest BCUT2D eigenvalue weighted by Gasteiger charge is 2.13. The van der Waals surface area contributed by atoms with Gasteiger partial charge in [0.2, 0.25) is 0 Å². The number of hydrogen-bond donors (Lipinski definition) is 1. The zero-order chi connectivity index (χ0) is 18.8. The maximum atomic E-state index is 4.89. The Kier molecular flexibility index (Phi) is 4.90. The molecule has 2 aromatic carbocycles. The molecule has 4 heteroatoms. The number of benzene rings is 2. The third-order valence-corrected chi connectivity index (χ3v) is 5.86. The van der Waals surface area contributed by atoms with Crippen LogP contribution in [0.4, 0.5) is 11.5 Å². The molecule has 4 aromatic rings. The van der Waals surface area contributed by atoms with E-state index in [-0.39, 0.29) is 0 Å². The van der Waals surface area contributed by atoms with Crippen LogP contribution in [-0.4, -0.2) is 9.97 Å². The molecule has 0 fully saturated rings. The van der Waals surface area contributed by atoms with E-state index in [4.69, 9.17) is 9.97 Å². The minimum atomic E-state index is 0.734. The van der Waals surface area contributed by atoms with Gasteiger partial charge in [-0.15, -0.1) is 11.3 Å². The van der Waals surface area contributed by atoms with Gasteiger partial charge in [-0.05, 0) is 49.1 Å². The van der Waals surface area contributed by atoms with Crippen molar-refractivity contribution in [2.45, 2.75) is 33.6 Å². The molecule has 0 unspecified atom stereocenters. The molecule has 4 rings (SSSR count). The van der Waals surface area contributed by atoms with Gasteiger partial charge < -0.3 is 5.32 Å². The lowest BCUT2D eigenvalue weighted by atomic mass is 10.1. The van der Waals surface area contributed by atoms with Crippen molar-refractivity contribution >= 4 is 33.1 Å². The second-order valence-electron chi connectivity index (χ2n) is 6.88. The van der Waals surface area contributed by atoms with E-state index in [9.17, 15) is 0 Å². The van der Waals surface area contributed by atoms with Crippen molar-refractivity contribution in [1.29, 1.82) is 0 Å². The van der Waals surface area contributed by atoms with Crippen LogP contribution in [0, 0.1) is 13.8 Å². The lowest BCUT2D eigenvalue weighted by Gasteiger charge is -2.12. The highest BCUT2D eigenvalue weighted by atomic mass is 32.1. The van der Waals surface area contributed by atoms with Gasteiger partial charge >= 0.3 is 0 Å². The van der Waals surface area contributed by atoms with Crippen molar-refractivity contribution in [3.8, 4) is 0 Å². The Morgan fingerprint density at radius 2 is 1.78 bits per heavy atom. The SMILES string of the molecule is CCc1cc2c(Nc3cc(C)ccc3C)nc(Cc3ccccc3)nc2s1. The number of aromatic nitrogens is 2. The molecule has 1 N–H and O–H groups in total. The first-order valence-corrected chi connectivity index (χ1v) is 10.1. The molecule has 2 heterocycles. The fraction of sp³-hybridized carbons (Fsp3) is 0.217. The van der Waals surface area contributed by atoms with E-state index < -0.39 is 0 Å². The normalized spacial score (nSPS) is 11.1. The minimum Gasteiger partial charge on any atom is -0.339 e. The summed E-state index contributed by atoms with van der Waals surface area (Å²) in [6.45, 7) is 6.41. The predicted molar refractivity (Wildman–Crippen MR) is 115 cm³/mol. The van der Waals surface area contributed by atoms with Gasteiger partial charge in [0.25, 0.3) is 0 Å². The summed E-state index contributed by atoms with van der Waals surface area (Å²) < 4.78 is 0. The third kappa shape index (κ3) is 3.86. The summed E-state index contributed by atoms with van der Waals surface area (Å²) in [7, 11) is 0. The lowest BCUT2D eigenvalue weighted by Crippen LogP contribution is -2.02. The quantitative estimate of drug-likeness (QED) is 0.452. The maximum absolute atomic E-state index is 4.89. The summed E-state index contributed by atoms with van der Waals surface area (Å²) >= 11 is 1.76. The van der Waals surface area contributed by atoms with Gasteiger partial charge in [0.1, 0.15) is 16.5 Å². The lowest BCUT2D eigenvalue weighted by molar-refractivity contribution is 0.999. The van der Waals surface area contributed by atoms with Crippen LogP contribution >= 0.6 is 11.3 Å². The first kappa shape index (κ1) is 17.7. The third-order valence-electron chi connectivity index (χ3n) is 4.69. The molecule has 0 radical (unpaired) electrons. The summed E-state index contributed by atoms with van der Waals surface area (Å²) in [4.78, 5) is 12.1. The second-order valence-corrected chi connectivity index (χ2v) is 7.99. The first-order chi connectivity index (χ1) is 13.1. The standard InChI is InChI=1S/C23H23N3S/c1-4-18-14-19-22(24-20-12-15(2)10-11-16(20)3)25-21(26-23(19)27-18)13-17-8-6-5-7-9-17/h5-12,14H,4,13H2,1-3H3,(H,24,25,26). The van der Waals surface area contributed by atoms with Crippen molar-refractivity contribution < 1.29 is 0 Å². The number of nitrogens with zero attached hydrogens (tertiary/aromatic N) is 2.